The molecule has 0 spiro atoms. The van der Waals surface area contributed by atoms with Gasteiger partial charge in [-0.1, -0.05) is 127 Å². The molecule has 0 amide bonds. The second kappa shape index (κ2) is 12.9. The lowest BCUT2D eigenvalue weighted by atomic mass is 9.77. The Bertz CT molecular complexity index is 2040. The quantitative estimate of drug-likeness (QED) is 0.160. The minimum absolute atomic E-state index is 0.661. The minimum Gasteiger partial charge on any atom is -0.353 e. The molecule has 7 aromatic rings. The molecule has 2 aromatic heterocycles. The third-order valence-electron chi connectivity index (χ3n) is 9.61. The Morgan fingerprint density at radius 3 is 1.90 bits per heavy atom. The van der Waals surface area contributed by atoms with Gasteiger partial charge in [0.2, 0.25) is 0 Å². The molecule has 3 heterocycles. The predicted molar refractivity (Wildman–Crippen MR) is 194 cm³/mol. The van der Waals surface area contributed by atoms with Gasteiger partial charge in [0.1, 0.15) is 17.7 Å². The van der Waals surface area contributed by atoms with Gasteiger partial charge in [-0.3, -0.25) is 9.58 Å². The number of fused-ring (bicyclic) bond motifs is 1. The van der Waals surface area contributed by atoms with Crippen LogP contribution in [0, 0.1) is 6.92 Å². The predicted octanol–water partition coefficient (Wildman–Crippen LogP) is 7.96. The fraction of sp³-hybridized carbons (Fsp3) is 0.167. The van der Waals surface area contributed by atoms with Crippen molar-refractivity contribution in [2.24, 2.45) is 0 Å². The number of aryl methyl sites for hydroxylation is 1. The summed E-state index contributed by atoms with van der Waals surface area (Å²) in [5.74, 6) is 0.997. The summed E-state index contributed by atoms with van der Waals surface area (Å²) < 4.78 is 2.13. The van der Waals surface area contributed by atoms with Crippen molar-refractivity contribution in [3.8, 4) is 11.1 Å². The van der Waals surface area contributed by atoms with Gasteiger partial charge in [0.15, 0.2) is 0 Å². The highest BCUT2D eigenvalue weighted by molar-refractivity contribution is 5.92. The Morgan fingerprint density at radius 2 is 1.27 bits per heavy atom. The number of piperazine rings is 1. The largest absolute Gasteiger partial charge is 0.353 e. The van der Waals surface area contributed by atoms with Crippen molar-refractivity contribution in [2.45, 2.75) is 19.0 Å². The van der Waals surface area contributed by atoms with Crippen molar-refractivity contribution in [1.29, 1.82) is 0 Å². The van der Waals surface area contributed by atoms with Crippen LogP contribution in [0.3, 0.4) is 0 Å². The van der Waals surface area contributed by atoms with Crippen molar-refractivity contribution in [1.82, 2.24) is 24.6 Å². The Morgan fingerprint density at radius 1 is 0.625 bits per heavy atom. The molecule has 0 saturated carbocycles. The summed E-state index contributed by atoms with van der Waals surface area (Å²) >= 11 is 0. The van der Waals surface area contributed by atoms with Gasteiger partial charge in [0, 0.05) is 49.9 Å². The van der Waals surface area contributed by atoms with E-state index in [2.05, 4.69) is 166 Å². The molecule has 0 N–H and O–H groups in total. The zero-order valence-corrected chi connectivity index (χ0v) is 27.2. The van der Waals surface area contributed by atoms with Crippen LogP contribution in [-0.4, -0.2) is 50.8 Å². The van der Waals surface area contributed by atoms with E-state index in [9.17, 15) is 0 Å². The lowest BCUT2D eigenvalue weighted by Gasteiger charge is -2.36. The Hall–Kier alpha value is -5.59. The molecule has 0 bridgehead atoms. The van der Waals surface area contributed by atoms with Crippen molar-refractivity contribution in [3.63, 3.8) is 0 Å². The number of aromatic nitrogens is 4. The van der Waals surface area contributed by atoms with Crippen LogP contribution in [0.25, 0.3) is 22.0 Å². The summed E-state index contributed by atoms with van der Waals surface area (Å²) in [6.07, 6.45) is 5.86. The molecule has 236 valence electrons. The maximum absolute atomic E-state index is 5.10. The molecule has 0 atom stereocenters. The van der Waals surface area contributed by atoms with Crippen LogP contribution in [-0.2, 0) is 12.1 Å². The van der Waals surface area contributed by atoms with Crippen LogP contribution in [0.15, 0.2) is 152 Å². The summed E-state index contributed by atoms with van der Waals surface area (Å²) in [6, 6.07) is 47.3. The van der Waals surface area contributed by atoms with E-state index in [1.807, 2.05) is 6.20 Å². The van der Waals surface area contributed by atoms with Gasteiger partial charge < -0.3 is 4.90 Å². The van der Waals surface area contributed by atoms with Gasteiger partial charge >= 0.3 is 0 Å². The molecule has 6 nitrogen and oxygen atoms in total. The SMILES string of the molecule is Cc1cccc(CN2CCN(c3ncnc4ccc(-c5cnn(C(c6ccccc6)(c6ccccc6)c6ccccc6)c5)cc34)CC2)c1. The first-order chi connectivity index (χ1) is 23.7. The summed E-state index contributed by atoms with van der Waals surface area (Å²) in [4.78, 5) is 14.4. The summed E-state index contributed by atoms with van der Waals surface area (Å²) in [6.45, 7) is 6.97. The van der Waals surface area contributed by atoms with Crippen LogP contribution < -0.4 is 4.90 Å². The molecule has 6 heteroatoms. The van der Waals surface area contributed by atoms with Gasteiger partial charge in [-0.25, -0.2) is 9.97 Å². The topological polar surface area (TPSA) is 50.1 Å². The molecule has 5 aromatic carbocycles. The summed E-state index contributed by atoms with van der Waals surface area (Å²) in [5, 5.41) is 6.17. The van der Waals surface area contributed by atoms with Crippen molar-refractivity contribution < 1.29 is 0 Å². The maximum Gasteiger partial charge on any atom is 0.139 e. The highest BCUT2D eigenvalue weighted by Crippen LogP contribution is 2.41. The van der Waals surface area contributed by atoms with E-state index in [0.717, 1.165) is 77.3 Å². The zero-order valence-electron chi connectivity index (χ0n) is 27.2. The molecule has 48 heavy (non-hydrogen) atoms. The Balaban J connectivity index is 1.15. The molecule has 8 rings (SSSR count). The Kier molecular flexibility index (Phi) is 8.00. The second-order valence-electron chi connectivity index (χ2n) is 12.7. The van der Waals surface area contributed by atoms with Crippen LogP contribution in [0.1, 0.15) is 27.8 Å². The van der Waals surface area contributed by atoms with Crippen LogP contribution in [0.4, 0.5) is 5.82 Å². The number of rotatable bonds is 8. The van der Waals surface area contributed by atoms with Crippen molar-refractivity contribution >= 4 is 16.7 Å². The van der Waals surface area contributed by atoms with Gasteiger partial charge in [-0.2, -0.15) is 5.10 Å². The number of anilines is 1. The number of benzene rings is 5. The number of nitrogens with zero attached hydrogens (tertiary/aromatic N) is 6. The van der Waals surface area contributed by atoms with Crippen molar-refractivity contribution in [2.75, 3.05) is 31.1 Å². The fourth-order valence-corrected chi connectivity index (χ4v) is 7.25. The average molecular weight is 627 g/mol. The molecule has 1 saturated heterocycles. The van der Waals surface area contributed by atoms with E-state index in [-0.39, 0.29) is 0 Å². The monoisotopic (exact) mass is 626 g/mol. The van der Waals surface area contributed by atoms with E-state index in [1.165, 1.54) is 11.1 Å². The van der Waals surface area contributed by atoms with E-state index < -0.39 is 5.54 Å². The smallest absolute Gasteiger partial charge is 0.139 e. The third-order valence-corrected chi connectivity index (χ3v) is 9.61. The number of hydrogen-bond acceptors (Lipinski definition) is 5. The molecule has 0 unspecified atom stereocenters. The van der Waals surface area contributed by atoms with Gasteiger partial charge in [0.05, 0.1) is 11.7 Å². The Labute approximate surface area is 282 Å². The molecule has 1 aliphatic rings. The van der Waals surface area contributed by atoms with E-state index in [1.54, 1.807) is 6.33 Å². The third kappa shape index (κ3) is 5.54. The summed E-state index contributed by atoms with van der Waals surface area (Å²) in [7, 11) is 0. The van der Waals surface area contributed by atoms with Gasteiger partial charge in [0.25, 0.3) is 0 Å². The van der Waals surface area contributed by atoms with Gasteiger partial charge in [-0.15, -0.1) is 0 Å². The van der Waals surface area contributed by atoms with Crippen LogP contribution in [0.5, 0.6) is 0 Å². The molecule has 1 aliphatic heterocycles. The average Bonchev–Trinajstić information content (AvgIpc) is 3.64. The molecular weight excluding hydrogens is 589 g/mol. The van der Waals surface area contributed by atoms with E-state index in [0.29, 0.717) is 0 Å². The highest BCUT2D eigenvalue weighted by atomic mass is 15.3. The van der Waals surface area contributed by atoms with E-state index >= 15 is 0 Å². The summed E-state index contributed by atoms with van der Waals surface area (Å²) in [5.41, 5.74) is 8.54. The first-order valence-corrected chi connectivity index (χ1v) is 16.7. The van der Waals surface area contributed by atoms with E-state index in [4.69, 9.17) is 10.1 Å². The fourth-order valence-electron chi connectivity index (χ4n) is 7.25. The van der Waals surface area contributed by atoms with Crippen LogP contribution in [0.2, 0.25) is 0 Å². The molecule has 0 aliphatic carbocycles. The molecule has 1 fully saturated rings. The lowest BCUT2D eigenvalue weighted by molar-refractivity contribution is 0.249. The van der Waals surface area contributed by atoms with Crippen LogP contribution >= 0.6 is 0 Å². The normalized spacial score (nSPS) is 14.0. The number of hydrogen-bond donors (Lipinski definition) is 0. The maximum atomic E-state index is 5.10. The van der Waals surface area contributed by atoms with Gasteiger partial charge in [-0.05, 0) is 46.9 Å². The lowest BCUT2D eigenvalue weighted by Crippen LogP contribution is -2.46. The second-order valence-corrected chi connectivity index (χ2v) is 12.7. The first kappa shape index (κ1) is 29.8. The minimum atomic E-state index is -0.661. The molecule has 0 radical (unpaired) electrons. The molecular formula is C42H38N6. The standard InChI is InChI=1S/C42H38N6/c1-32-12-11-13-33(26-32)29-46-22-24-47(25-23-46)41-39-27-34(20-21-40(39)43-31-44-41)35-28-45-48(30-35)42(36-14-5-2-6-15-36,37-16-7-3-8-17-37)38-18-9-4-10-19-38/h2-21,26-28,30-31H,22-25,29H2,1H3. The first-order valence-electron chi connectivity index (χ1n) is 16.7. The highest BCUT2D eigenvalue weighted by Gasteiger charge is 2.39. The zero-order chi connectivity index (χ0) is 32.3. The van der Waals surface area contributed by atoms with Crippen molar-refractivity contribution in [3.05, 3.63) is 180 Å².